The number of hydrogen-bond acceptors (Lipinski definition) is 6. The number of ether oxygens (including phenoxy) is 1. The molecule has 1 aromatic heterocycles. The zero-order valence-corrected chi connectivity index (χ0v) is 15.6. The van der Waals surface area contributed by atoms with Crippen molar-refractivity contribution in [3.05, 3.63) is 45.8 Å². The van der Waals surface area contributed by atoms with E-state index in [1.54, 1.807) is 6.07 Å². The van der Waals surface area contributed by atoms with Crippen LogP contribution < -0.4 is 4.90 Å². The summed E-state index contributed by atoms with van der Waals surface area (Å²) in [6, 6.07) is 9.55. The molecule has 0 bridgehead atoms. The van der Waals surface area contributed by atoms with E-state index in [0.717, 1.165) is 31.2 Å². The van der Waals surface area contributed by atoms with Crippen molar-refractivity contribution in [3.8, 4) is 6.07 Å². The molecule has 1 aliphatic heterocycles. The van der Waals surface area contributed by atoms with Crippen molar-refractivity contribution in [2.45, 2.75) is 32.6 Å². The molecular formula is C20H17N3O3S. The summed E-state index contributed by atoms with van der Waals surface area (Å²) in [5, 5.41) is 10.2. The molecule has 4 rings (SSSR count). The van der Waals surface area contributed by atoms with Gasteiger partial charge < -0.3 is 4.74 Å². The summed E-state index contributed by atoms with van der Waals surface area (Å²) in [5.74, 6) is -0.781. The van der Waals surface area contributed by atoms with Crippen LogP contribution in [0.1, 0.15) is 41.3 Å². The third-order valence-electron chi connectivity index (χ3n) is 4.77. The van der Waals surface area contributed by atoms with Gasteiger partial charge in [-0.2, -0.15) is 5.26 Å². The Morgan fingerprint density at radius 1 is 1.33 bits per heavy atom. The summed E-state index contributed by atoms with van der Waals surface area (Å²) >= 11 is 1.50. The van der Waals surface area contributed by atoms with Crippen LogP contribution in [0.5, 0.6) is 0 Å². The number of aryl methyl sites for hydroxylation is 1. The van der Waals surface area contributed by atoms with E-state index in [-0.39, 0.29) is 18.3 Å². The maximum absolute atomic E-state index is 12.9. The molecular weight excluding hydrogens is 362 g/mol. The standard InChI is InChI=1S/C20H17N3O3S/c1-12(24)26-11-23-16-8-4-2-7-14(16)18(20(23)25)22-19-15(10-21)13-6-3-5-9-17(13)27-19/h2,4,7-8H,3,5-6,9,11H2,1H3. The van der Waals surface area contributed by atoms with Crippen molar-refractivity contribution in [1.29, 1.82) is 5.26 Å². The van der Waals surface area contributed by atoms with Gasteiger partial charge >= 0.3 is 5.97 Å². The van der Waals surface area contributed by atoms with Crippen molar-refractivity contribution in [1.82, 2.24) is 0 Å². The molecule has 27 heavy (non-hydrogen) atoms. The number of rotatable bonds is 3. The molecule has 6 nitrogen and oxygen atoms in total. The van der Waals surface area contributed by atoms with Crippen LogP contribution in [0.3, 0.4) is 0 Å². The third-order valence-corrected chi connectivity index (χ3v) is 5.96. The van der Waals surface area contributed by atoms with Gasteiger partial charge in [0, 0.05) is 17.4 Å². The highest BCUT2D eigenvalue weighted by molar-refractivity contribution is 7.16. The lowest BCUT2D eigenvalue weighted by atomic mass is 9.96. The number of esters is 1. The predicted octanol–water partition coefficient (Wildman–Crippen LogP) is 3.49. The van der Waals surface area contributed by atoms with E-state index in [1.165, 1.54) is 28.0 Å². The Hall–Kier alpha value is -2.98. The number of hydrogen-bond donors (Lipinski definition) is 0. The number of anilines is 1. The van der Waals surface area contributed by atoms with Crippen molar-refractivity contribution in [2.24, 2.45) is 4.99 Å². The molecule has 1 amide bonds. The summed E-state index contributed by atoms with van der Waals surface area (Å²) < 4.78 is 5.02. The first-order valence-corrected chi connectivity index (χ1v) is 9.59. The SMILES string of the molecule is CC(=O)OCN1C(=O)C(=Nc2sc3c(c2C#N)CCCC3)c2ccccc21. The molecule has 2 aliphatic rings. The topological polar surface area (TPSA) is 82.8 Å². The van der Waals surface area contributed by atoms with Crippen LogP contribution in [-0.4, -0.2) is 24.3 Å². The van der Waals surface area contributed by atoms with E-state index in [0.29, 0.717) is 21.8 Å². The number of fused-ring (bicyclic) bond motifs is 2. The fourth-order valence-electron chi connectivity index (χ4n) is 3.50. The van der Waals surface area contributed by atoms with E-state index < -0.39 is 5.97 Å². The fourth-order valence-corrected chi connectivity index (χ4v) is 4.72. The van der Waals surface area contributed by atoms with Gasteiger partial charge in [-0.15, -0.1) is 11.3 Å². The van der Waals surface area contributed by atoms with Crippen molar-refractivity contribution in [3.63, 3.8) is 0 Å². The van der Waals surface area contributed by atoms with Crippen LogP contribution in [0, 0.1) is 11.3 Å². The lowest BCUT2D eigenvalue weighted by Crippen LogP contribution is -2.33. The zero-order valence-electron chi connectivity index (χ0n) is 14.8. The maximum Gasteiger partial charge on any atom is 0.304 e. The second-order valence-electron chi connectivity index (χ2n) is 6.48. The minimum Gasteiger partial charge on any atom is -0.444 e. The summed E-state index contributed by atoms with van der Waals surface area (Å²) in [4.78, 5) is 31.3. The number of thiophene rings is 1. The van der Waals surface area contributed by atoms with Crippen molar-refractivity contribution < 1.29 is 14.3 Å². The molecule has 7 heteroatoms. The molecule has 0 saturated carbocycles. The molecule has 1 aromatic carbocycles. The van der Waals surface area contributed by atoms with E-state index >= 15 is 0 Å². The molecule has 0 unspecified atom stereocenters. The van der Waals surface area contributed by atoms with Crippen LogP contribution in [0.2, 0.25) is 0 Å². The summed E-state index contributed by atoms with van der Waals surface area (Å²) in [7, 11) is 0. The Labute approximate surface area is 160 Å². The second kappa shape index (κ2) is 6.97. The molecule has 0 radical (unpaired) electrons. The average Bonchev–Trinajstić information content (AvgIpc) is 3.15. The average molecular weight is 379 g/mol. The Bertz CT molecular complexity index is 1020. The lowest BCUT2D eigenvalue weighted by molar-refractivity contribution is -0.141. The number of nitriles is 1. The summed E-state index contributed by atoms with van der Waals surface area (Å²) in [5.41, 5.74) is 3.30. The number of amides is 1. The van der Waals surface area contributed by atoms with Crippen LogP contribution in [0.15, 0.2) is 29.3 Å². The Morgan fingerprint density at radius 2 is 2.11 bits per heavy atom. The van der Waals surface area contributed by atoms with Crippen LogP contribution in [-0.2, 0) is 27.2 Å². The highest BCUT2D eigenvalue weighted by Crippen LogP contribution is 2.41. The molecule has 0 saturated heterocycles. The number of aliphatic imine (C=N–C) groups is 1. The first-order chi connectivity index (χ1) is 13.1. The van der Waals surface area contributed by atoms with Crippen molar-refractivity contribution >= 4 is 39.6 Å². The molecule has 2 aromatic rings. The number of nitrogens with zero attached hydrogens (tertiary/aromatic N) is 3. The van der Waals surface area contributed by atoms with Gasteiger partial charge in [-0.05, 0) is 37.3 Å². The normalized spacial score (nSPS) is 16.8. The van der Waals surface area contributed by atoms with Gasteiger partial charge in [0.05, 0.1) is 11.3 Å². The van der Waals surface area contributed by atoms with Gasteiger partial charge in [-0.3, -0.25) is 14.5 Å². The van der Waals surface area contributed by atoms with E-state index in [2.05, 4.69) is 11.1 Å². The van der Waals surface area contributed by atoms with E-state index in [9.17, 15) is 14.9 Å². The molecule has 0 atom stereocenters. The van der Waals surface area contributed by atoms with Gasteiger partial charge in [0.25, 0.3) is 5.91 Å². The first kappa shape index (κ1) is 17.4. The minimum atomic E-state index is -0.455. The number of para-hydroxylation sites is 1. The fraction of sp³-hybridized carbons (Fsp3) is 0.300. The first-order valence-electron chi connectivity index (χ1n) is 8.78. The Balaban J connectivity index is 1.78. The van der Waals surface area contributed by atoms with Crippen LogP contribution >= 0.6 is 11.3 Å². The number of carbonyl (C=O) groups is 2. The highest BCUT2D eigenvalue weighted by Gasteiger charge is 2.35. The van der Waals surface area contributed by atoms with Crippen LogP contribution in [0.4, 0.5) is 10.7 Å². The molecule has 0 N–H and O–H groups in total. The Morgan fingerprint density at radius 3 is 2.89 bits per heavy atom. The van der Waals surface area contributed by atoms with Gasteiger partial charge in [0.1, 0.15) is 16.8 Å². The van der Waals surface area contributed by atoms with Gasteiger partial charge in [-0.1, -0.05) is 18.2 Å². The smallest absolute Gasteiger partial charge is 0.304 e. The zero-order chi connectivity index (χ0) is 19.0. The largest absolute Gasteiger partial charge is 0.444 e. The van der Waals surface area contributed by atoms with E-state index in [1.807, 2.05) is 18.2 Å². The second-order valence-corrected chi connectivity index (χ2v) is 7.56. The molecule has 136 valence electrons. The quantitative estimate of drug-likeness (QED) is 0.765. The van der Waals surface area contributed by atoms with Crippen molar-refractivity contribution in [2.75, 3.05) is 11.6 Å². The molecule has 1 aliphatic carbocycles. The summed E-state index contributed by atoms with van der Waals surface area (Å²) in [6.07, 6.45) is 4.05. The maximum atomic E-state index is 12.9. The monoisotopic (exact) mass is 379 g/mol. The predicted molar refractivity (Wildman–Crippen MR) is 102 cm³/mol. The van der Waals surface area contributed by atoms with Gasteiger partial charge in [0.2, 0.25) is 0 Å². The Kier molecular flexibility index (Phi) is 4.50. The van der Waals surface area contributed by atoms with Gasteiger partial charge in [-0.25, -0.2) is 4.99 Å². The summed E-state index contributed by atoms with van der Waals surface area (Å²) in [6.45, 7) is 1.15. The lowest BCUT2D eigenvalue weighted by Gasteiger charge is -2.15. The number of benzene rings is 1. The molecule has 2 heterocycles. The van der Waals surface area contributed by atoms with Gasteiger partial charge in [0.15, 0.2) is 6.73 Å². The van der Waals surface area contributed by atoms with E-state index in [4.69, 9.17) is 4.74 Å². The molecule has 0 fully saturated rings. The number of carbonyl (C=O) groups excluding carboxylic acids is 2. The highest BCUT2D eigenvalue weighted by atomic mass is 32.1. The minimum absolute atomic E-state index is 0.157. The third kappa shape index (κ3) is 3.02. The van der Waals surface area contributed by atoms with Crippen LogP contribution in [0.25, 0.3) is 0 Å². The molecule has 0 spiro atoms.